The Labute approximate surface area is 218 Å². The zero-order valence-electron chi connectivity index (χ0n) is 20.0. The van der Waals surface area contributed by atoms with Crippen LogP contribution in [-0.2, 0) is 13.2 Å². The maximum atomic E-state index is 12.8. The number of carbonyl (C=O) groups is 2. The van der Waals surface area contributed by atoms with Crippen LogP contribution in [0.4, 0.5) is 13.2 Å². The number of nitrogens with one attached hydrogen (secondary N) is 1. The molecule has 14 heteroatoms. The van der Waals surface area contributed by atoms with Crippen LogP contribution in [0.2, 0.25) is 0 Å². The summed E-state index contributed by atoms with van der Waals surface area (Å²) in [7, 11) is 1.74. The minimum atomic E-state index is -4.43. The van der Waals surface area contributed by atoms with Gasteiger partial charge in [-0.3, -0.25) is 14.3 Å². The number of primary amides is 1. The van der Waals surface area contributed by atoms with Crippen LogP contribution in [0.15, 0.2) is 36.5 Å². The maximum absolute atomic E-state index is 12.8. The summed E-state index contributed by atoms with van der Waals surface area (Å²) in [6.07, 6.45) is -0.574. The smallest absolute Gasteiger partial charge is 0.416 e. The van der Waals surface area contributed by atoms with Crippen molar-refractivity contribution in [2.75, 3.05) is 0 Å². The molecule has 1 aromatic carbocycles. The third kappa shape index (κ3) is 5.30. The second-order valence-corrected chi connectivity index (χ2v) is 9.92. The van der Waals surface area contributed by atoms with E-state index in [-0.39, 0.29) is 28.6 Å². The van der Waals surface area contributed by atoms with Crippen molar-refractivity contribution >= 4 is 34.2 Å². The van der Waals surface area contributed by atoms with Gasteiger partial charge >= 0.3 is 6.18 Å². The van der Waals surface area contributed by atoms with Crippen LogP contribution in [-0.4, -0.2) is 48.9 Å². The molecule has 0 atom stereocenters. The molecule has 0 aliphatic heterocycles. The Balaban J connectivity index is 1.18. The van der Waals surface area contributed by atoms with Crippen molar-refractivity contribution in [3.05, 3.63) is 52.7 Å². The Kier molecular flexibility index (Phi) is 6.73. The summed E-state index contributed by atoms with van der Waals surface area (Å²) in [5.41, 5.74) is 5.96. The minimum absolute atomic E-state index is 0.121. The number of aryl methyl sites for hydroxylation is 1. The number of aromatic nitrogens is 5. The van der Waals surface area contributed by atoms with Crippen molar-refractivity contribution in [2.45, 2.75) is 44.0 Å². The Hall–Kier alpha value is -4.07. The van der Waals surface area contributed by atoms with Gasteiger partial charge in [-0.05, 0) is 43.9 Å². The number of benzene rings is 1. The highest BCUT2D eigenvalue weighted by molar-refractivity contribution is 7.16. The van der Waals surface area contributed by atoms with E-state index in [2.05, 4.69) is 25.6 Å². The van der Waals surface area contributed by atoms with Gasteiger partial charge in [0.1, 0.15) is 16.7 Å². The highest BCUT2D eigenvalue weighted by Crippen LogP contribution is 2.32. The normalized spacial score (nSPS) is 17.9. The van der Waals surface area contributed by atoms with Gasteiger partial charge in [0, 0.05) is 24.0 Å². The first-order valence-corrected chi connectivity index (χ1v) is 12.5. The fraction of sp³-hybridized carbons (Fsp3) is 0.333. The third-order valence-corrected chi connectivity index (χ3v) is 7.28. The molecule has 0 bridgehead atoms. The zero-order valence-corrected chi connectivity index (χ0v) is 20.8. The van der Waals surface area contributed by atoms with Crippen LogP contribution in [0.5, 0.6) is 5.88 Å². The molecule has 38 heavy (non-hydrogen) atoms. The Morgan fingerprint density at radius 3 is 2.50 bits per heavy atom. The van der Waals surface area contributed by atoms with Crippen molar-refractivity contribution in [2.24, 2.45) is 12.8 Å². The number of carbonyl (C=O) groups excluding carboxylic acids is 2. The van der Waals surface area contributed by atoms with Crippen LogP contribution in [0.1, 0.15) is 51.4 Å². The molecule has 0 saturated heterocycles. The largest absolute Gasteiger partial charge is 0.474 e. The van der Waals surface area contributed by atoms with E-state index >= 15 is 0 Å². The number of hydrogen-bond acceptors (Lipinski definition) is 8. The molecule has 0 spiro atoms. The molecule has 3 N–H and O–H groups in total. The van der Waals surface area contributed by atoms with Gasteiger partial charge in [-0.1, -0.05) is 23.5 Å². The molecule has 2 amide bonds. The standard InChI is InChI=1S/C24H22F3N7O3S/c1-34-19-13(11-29-34)10-17(18(28)35)21(31-19)37-16-8-6-15(7-9-16)30-20(36)23-33-32-22(38-23)12-2-4-14(5-3-12)24(25,26)27/h2-5,10-11,15-16H,6-9H2,1H3,(H2,28,35)(H,30,36)/t15-,16-. The number of nitrogens with two attached hydrogens (primary N) is 1. The predicted octanol–water partition coefficient (Wildman–Crippen LogP) is 3.72. The van der Waals surface area contributed by atoms with E-state index in [9.17, 15) is 22.8 Å². The molecule has 198 valence electrons. The van der Waals surface area contributed by atoms with Crippen LogP contribution in [0, 0.1) is 0 Å². The number of alkyl halides is 3. The number of hydrogen-bond donors (Lipinski definition) is 2. The van der Waals surface area contributed by atoms with E-state index < -0.39 is 23.6 Å². The summed E-state index contributed by atoms with van der Waals surface area (Å²) in [6, 6.07) is 6.03. The summed E-state index contributed by atoms with van der Waals surface area (Å²) >= 11 is 1.01. The fourth-order valence-electron chi connectivity index (χ4n) is 4.29. The summed E-state index contributed by atoms with van der Waals surface area (Å²) in [4.78, 5) is 29.1. The lowest BCUT2D eigenvalue weighted by Crippen LogP contribution is -2.39. The zero-order chi connectivity index (χ0) is 27.0. The van der Waals surface area contributed by atoms with Crippen molar-refractivity contribution in [3.63, 3.8) is 0 Å². The van der Waals surface area contributed by atoms with E-state index in [4.69, 9.17) is 10.5 Å². The molecule has 1 fully saturated rings. The first-order chi connectivity index (χ1) is 18.1. The Morgan fingerprint density at radius 1 is 1.13 bits per heavy atom. The molecule has 0 unspecified atom stereocenters. The van der Waals surface area contributed by atoms with Gasteiger partial charge in [0.15, 0.2) is 5.65 Å². The Morgan fingerprint density at radius 2 is 1.84 bits per heavy atom. The molecular weight excluding hydrogens is 523 g/mol. The van der Waals surface area contributed by atoms with Crippen molar-refractivity contribution < 1.29 is 27.5 Å². The molecule has 5 rings (SSSR count). The lowest BCUT2D eigenvalue weighted by molar-refractivity contribution is -0.137. The molecule has 10 nitrogen and oxygen atoms in total. The summed E-state index contributed by atoms with van der Waals surface area (Å²) in [6.45, 7) is 0. The highest BCUT2D eigenvalue weighted by atomic mass is 32.1. The molecule has 3 heterocycles. The maximum Gasteiger partial charge on any atom is 0.416 e. The number of fused-ring (bicyclic) bond motifs is 1. The van der Waals surface area contributed by atoms with Crippen LogP contribution >= 0.6 is 11.3 Å². The Bertz CT molecular complexity index is 1490. The number of amides is 2. The second-order valence-electron chi connectivity index (χ2n) is 8.94. The highest BCUT2D eigenvalue weighted by Gasteiger charge is 2.30. The quantitative estimate of drug-likeness (QED) is 0.377. The summed E-state index contributed by atoms with van der Waals surface area (Å²) < 4.78 is 46.0. The topological polar surface area (TPSA) is 138 Å². The average Bonchev–Trinajstić information content (AvgIpc) is 3.52. The lowest BCUT2D eigenvalue weighted by atomic mass is 9.93. The lowest BCUT2D eigenvalue weighted by Gasteiger charge is -2.29. The van der Waals surface area contributed by atoms with Gasteiger partial charge in [0.25, 0.3) is 11.8 Å². The number of nitrogens with zero attached hydrogens (tertiary/aromatic N) is 5. The number of rotatable bonds is 6. The van der Waals surface area contributed by atoms with Crippen LogP contribution in [0.25, 0.3) is 21.6 Å². The summed E-state index contributed by atoms with van der Waals surface area (Å²) in [5, 5.41) is 16.1. The first kappa shape index (κ1) is 25.6. The van der Waals surface area contributed by atoms with E-state index in [0.29, 0.717) is 47.3 Å². The number of pyridine rings is 1. The monoisotopic (exact) mass is 545 g/mol. The molecular formula is C24H22F3N7O3S. The van der Waals surface area contributed by atoms with Gasteiger partial charge in [0.2, 0.25) is 10.9 Å². The number of halogens is 3. The molecule has 4 aromatic rings. The first-order valence-electron chi connectivity index (χ1n) is 11.7. The van der Waals surface area contributed by atoms with Gasteiger partial charge in [0.05, 0.1) is 11.8 Å². The van der Waals surface area contributed by atoms with Crippen LogP contribution in [0.3, 0.4) is 0 Å². The predicted molar refractivity (Wildman–Crippen MR) is 132 cm³/mol. The molecule has 1 aliphatic rings. The molecule has 1 saturated carbocycles. The van der Waals surface area contributed by atoms with E-state index in [0.717, 1.165) is 23.5 Å². The van der Waals surface area contributed by atoms with E-state index in [1.807, 2.05) is 0 Å². The third-order valence-electron chi connectivity index (χ3n) is 6.30. The van der Waals surface area contributed by atoms with Gasteiger partial charge in [-0.2, -0.15) is 23.3 Å². The fourth-order valence-corrected chi connectivity index (χ4v) is 5.04. The van der Waals surface area contributed by atoms with Crippen molar-refractivity contribution in [3.8, 4) is 16.5 Å². The SMILES string of the molecule is Cn1ncc2cc(C(N)=O)c(O[C@H]3CC[C@H](NC(=O)c4nnc(-c5ccc(C(F)(F)F)cc5)s4)CC3)nc21. The molecule has 0 radical (unpaired) electrons. The minimum Gasteiger partial charge on any atom is -0.474 e. The molecule has 1 aliphatic carbocycles. The van der Waals surface area contributed by atoms with Gasteiger partial charge in [-0.15, -0.1) is 10.2 Å². The second kappa shape index (κ2) is 10.0. The molecule has 3 aromatic heterocycles. The van der Waals surface area contributed by atoms with Crippen molar-refractivity contribution in [1.82, 2.24) is 30.3 Å². The van der Waals surface area contributed by atoms with E-state index in [1.54, 1.807) is 24.0 Å². The number of ether oxygens (including phenoxy) is 1. The van der Waals surface area contributed by atoms with E-state index in [1.165, 1.54) is 12.1 Å². The van der Waals surface area contributed by atoms with Crippen molar-refractivity contribution in [1.29, 1.82) is 0 Å². The summed E-state index contributed by atoms with van der Waals surface area (Å²) in [5.74, 6) is -0.887. The average molecular weight is 546 g/mol. The van der Waals surface area contributed by atoms with Crippen LogP contribution < -0.4 is 15.8 Å². The van der Waals surface area contributed by atoms with Gasteiger partial charge < -0.3 is 15.8 Å². The van der Waals surface area contributed by atoms with Gasteiger partial charge in [-0.25, -0.2) is 0 Å².